The van der Waals surface area contributed by atoms with Crippen LogP contribution in [-0.4, -0.2) is 15.7 Å². The molecule has 0 radical (unpaired) electrons. The molecule has 0 atom stereocenters. The van der Waals surface area contributed by atoms with E-state index in [2.05, 4.69) is 10.4 Å². The molecule has 102 valence electrons. The monoisotopic (exact) mass is 272 g/mol. The van der Waals surface area contributed by atoms with Crippen LogP contribution >= 0.6 is 0 Å². The molecule has 0 aliphatic rings. The average molecular weight is 272 g/mol. The molecular formula is C14H13FN4O. The molecule has 2 aromatic rings. The second-order valence-corrected chi connectivity index (χ2v) is 4.20. The number of amides is 1. The number of anilines is 1. The largest absolute Gasteiger partial charge is 0.309 e. The van der Waals surface area contributed by atoms with Crippen molar-refractivity contribution in [3.8, 4) is 6.07 Å². The fourth-order valence-corrected chi connectivity index (χ4v) is 1.74. The van der Waals surface area contributed by atoms with E-state index in [1.54, 1.807) is 30.5 Å². The highest BCUT2D eigenvalue weighted by Gasteiger charge is 2.07. The van der Waals surface area contributed by atoms with Gasteiger partial charge >= 0.3 is 0 Å². The zero-order chi connectivity index (χ0) is 14.4. The Bertz CT molecular complexity index is 645. The molecule has 1 N–H and O–H groups in total. The van der Waals surface area contributed by atoms with Gasteiger partial charge < -0.3 is 5.32 Å². The van der Waals surface area contributed by atoms with E-state index in [0.29, 0.717) is 17.8 Å². The second kappa shape index (κ2) is 6.48. The summed E-state index contributed by atoms with van der Waals surface area (Å²) in [6.45, 7) is 0.130. The molecule has 6 heteroatoms. The summed E-state index contributed by atoms with van der Waals surface area (Å²) in [7, 11) is 0. The van der Waals surface area contributed by atoms with Gasteiger partial charge in [0, 0.05) is 18.7 Å². The Labute approximate surface area is 115 Å². The molecule has 0 aliphatic heterocycles. The maximum atomic E-state index is 13.4. The first-order valence-corrected chi connectivity index (χ1v) is 6.12. The highest BCUT2D eigenvalue weighted by Crippen LogP contribution is 2.10. The Kier molecular flexibility index (Phi) is 4.45. The number of carbonyl (C=O) groups excluding carboxylic acids is 1. The molecule has 0 spiro atoms. The highest BCUT2D eigenvalue weighted by atomic mass is 19.1. The summed E-state index contributed by atoms with van der Waals surface area (Å²) in [5.41, 5.74) is 0.512. The van der Waals surface area contributed by atoms with Crippen molar-refractivity contribution in [2.45, 2.75) is 19.4 Å². The number of nitriles is 1. The van der Waals surface area contributed by atoms with Crippen molar-refractivity contribution in [2.75, 3.05) is 5.32 Å². The third-order valence-electron chi connectivity index (χ3n) is 2.72. The van der Waals surface area contributed by atoms with Crippen molar-refractivity contribution in [3.05, 3.63) is 47.9 Å². The summed E-state index contributed by atoms with van der Waals surface area (Å²) in [5, 5.41) is 15.1. The Morgan fingerprint density at radius 2 is 2.20 bits per heavy atom. The van der Waals surface area contributed by atoms with E-state index in [0.717, 1.165) is 0 Å². The lowest BCUT2D eigenvalue weighted by Gasteiger charge is -2.03. The van der Waals surface area contributed by atoms with E-state index >= 15 is 0 Å². The quantitative estimate of drug-likeness (QED) is 0.906. The molecule has 1 aromatic heterocycles. The van der Waals surface area contributed by atoms with Crippen LogP contribution in [-0.2, 0) is 17.8 Å². The lowest BCUT2D eigenvalue weighted by Crippen LogP contribution is -2.13. The highest BCUT2D eigenvalue weighted by molar-refractivity contribution is 5.89. The number of benzene rings is 1. The van der Waals surface area contributed by atoms with Crippen LogP contribution in [0.2, 0.25) is 0 Å². The van der Waals surface area contributed by atoms with Gasteiger partial charge in [-0.25, -0.2) is 4.39 Å². The molecule has 1 aromatic carbocycles. The average Bonchev–Trinajstić information content (AvgIpc) is 2.85. The Hall–Kier alpha value is -2.68. The van der Waals surface area contributed by atoms with E-state index in [4.69, 9.17) is 5.26 Å². The molecule has 5 nitrogen and oxygen atoms in total. The summed E-state index contributed by atoms with van der Waals surface area (Å²) in [4.78, 5) is 11.7. The number of aromatic nitrogens is 2. The normalized spacial score (nSPS) is 10.0. The fourth-order valence-electron chi connectivity index (χ4n) is 1.74. The van der Waals surface area contributed by atoms with Crippen molar-refractivity contribution in [1.82, 2.24) is 9.78 Å². The molecule has 20 heavy (non-hydrogen) atoms. The van der Waals surface area contributed by atoms with Gasteiger partial charge in [-0.15, -0.1) is 0 Å². The minimum Gasteiger partial charge on any atom is -0.309 e. The van der Waals surface area contributed by atoms with Gasteiger partial charge in [-0.2, -0.15) is 10.4 Å². The number of halogens is 1. The van der Waals surface area contributed by atoms with Gasteiger partial charge in [-0.1, -0.05) is 18.2 Å². The third kappa shape index (κ3) is 3.65. The zero-order valence-electron chi connectivity index (χ0n) is 10.7. The molecule has 0 bridgehead atoms. The second-order valence-electron chi connectivity index (χ2n) is 4.20. The lowest BCUT2D eigenvalue weighted by molar-refractivity contribution is -0.116. The summed E-state index contributed by atoms with van der Waals surface area (Å²) in [6.07, 6.45) is 2.11. The van der Waals surface area contributed by atoms with Crippen LogP contribution < -0.4 is 5.32 Å². The van der Waals surface area contributed by atoms with Crippen molar-refractivity contribution in [3.63, 3.8) is 0 Å². The zero-order valence-corrected chi connectivity index (χ0v) is 10.7. The number of nitrogens with one attached hydrogen (secondary N) is 1. The number of rotatable bonds is 5. The Balaban J connectivity index is 1.86. The predicted octanol–water partition coefficient (Wildman–Crippen LogP) is 2.12. The summed E-state index contributed by atoms with van der Waals surface area (Å²) >= 11 is 0. The van der Waals surface area contributed by atoms with Crippen molar-refractivity contribution < 1.29 is 9.18 Å². The maximum Gasteiger partial charge on any atom is 0.225 e. The van der Waals surface area contributed by atoms with Crippen LogP contribution in [0.15, 0.2) is 36.5 Å². The van der Waals surface area contributed by atoms with E-state index in [9.17, 15) is 9.18 Å². The number of nitrogens with zero attached hydrogens (tertiary/aromatic N) is 3. The van der Waals surface area contributed by atoms with Gasteiger partial charge in [0.1, 0.15) is 12.4 Å². The predicted molar refractivity (Wildman–Crippen MR) is 71.2 cm³/mol. The van der Waals surface area contributed by atoms with E-state index in [1.165, 1.54) is 10.7 Å². The van der Waals surface area contributed by atoms with E-state index < -0.39 is 0 Å². The third-order valence-corrected chi connectivity index (χ3v) is 2.72. The first-order chi connectivity index (χ1) is 9.69. The summed E-state index contributed by atoms with van der Waals surface area (Å²) in [6, 6.07) is 9.94. The number of hydrogen-bond donors (Lipinski definition) is 1. The van der Waals surface area contributed by atoms with Crippen LogP contribution in [0.5, 0.6) is 0 Å². The molecule has 0 saturated heterocycles. The van der Waals surface area contributed by atoms with Gasteiger partial charge in [-0.3, -0.25) is 9.48 Å². The number of carbonyl (C=O) groups is 1. The van der Waals surface area contributed by atoms with Crippen LogP contribution in [0.4, 0.5) is 10.2 Å². The minimum absolute atomic E-state index is 0.130. The SMILES string of the molecule is N#CCn1ccc(NC(=O)CCc2ccccc2F)n1. The first kappa shape index (κ1) is 13.7. The Morgan fingerprint density at radius 1 is 1.40 bits per heavy atom. The van der Waals surface area contributed by atoms with Crippen LogP contribution in [0, 0.1) is 17.1 Å². The van der Waals surface area contributed by atoms with Gasteiger partial charge in [0.05, 0.1) is 6.07 Å². The smallest absolute Gasteiger partial charge is 0.225 e. The minimum atomic E-state index is -0.307. The molecule has 0 aliphatic carbocycles. The van der Waals surface area contributed by atoms with Gasteiger partial charge in [0.25, 0.3) is 0 Å². The van der Waals surface area contributed by atoms with Gasteiger partial charge in [-0.05, 0) is 18.1 Å². The molecular weight excluding hydrogens is 259 g/mol. The number of aryl methyl sites for hydroxylation is 1. The van der Waals surface area contributed by atoms with Crippen LogP contribution in [0.1, 0.15) is 12.0 Å². The lowest BCUT2D eigenvalue weighted by atomic mass is 10.1. The molecule has 1 heterocycles. The molecule has 2 rings (SSSR count). The standard InChI is InChI=1S/C14H13FN4O/c15-12-4-2-1-3-11(12)5-6-14(20)17-13-7-9-19(18-13)10-8-16/h1-4,7,9H,5-6,10H2,(H,17,18,20). The summed E-state index contributed by atoms with van der Waals surface area (Å²) < 4.78 is 14.8. The summed E-state index contributed by atoms with van der Waals surface area (Å²) in [5.74, 6) is -0.159. The number of hydrogen-bond acceptors (Lipinski definition) is 3. The van der Waals surface area contributed by atoms with Crippen molar-refractivity contribution in [1.29, 1.82) is 5.26 Å². The molecule has 0 unspecified atom stereocenters. The first-order valence-electron chi connectivity index (χ1n) is 6.12. The van der Waals surface area contributed by atoms with Gasteiger partial charge in [0.15, 0.2) is 5.82 Å². The molecule has 0 fully saturated rings. The maximum absolute atomic E-state index is 13.4. The van der Waals surface area contributed by atoms with E-state index in [-0.39, 0.29) is 24.7 Å². The van der Waals surface area contributed by atoms with Crippen molar-refractivity contribution in [2.24, 2.45) is 0 Å². The topological polar surface area (TPSA) is 70.7 Å². The fraction of sp³-hybridized carbons (Fsp3) is 0.214. The van der Waals surface area contributed by atoms with Crippen LogP contribution in [0.25, 0.3) is 0 Å². The van der Waals surface area contributed by atoms with Crippen LogP contribution in [0.3, 0.4) is 0 Å². The van der Waals surface area contributed by atoms with E-state index in [1.807, 2.05) is 6.07 Å². The molecule has 1 amide bonds. The molecule has 0 saturated carbocycles. The van der Waals surface area contributed by atoms with Gasteiger partial charge in [0.2, 0.25) is 5.91 Å². The van der Waals surface area contributed by atoms with Crippen molar-refractivity contribution >= 4 is 11.7 Å². The Morgan fingerprint density at radius 3 is 2.95 bits per heavy atom.